The minimum atomic E-state index is -0.177. The molecule has 116 valence electrons. The lowest BCUT2D eigenvalue weighted by Gasteiger charge is -2.24. The Morgan fingerprint density at radius 3 is 2.48 bits per heavy atom. The monoisotopic (exact) mass is 330 g/mol. The second kappa shape index (κ2) is 8.25. The Balaban J connectivity index is 2.44. The Labute approximate surface area is 135 Å². The van der Waals surface area contributed by atoms with Gasteiger partial charge in [-0.05, 0) is 38.0 Å². The molecule has 0 aromatic heterocycles. The molecule has 0 radical (unpaired) electrons. The molecule has 1 aromatic carbocycles. The van der Waals surface area contributed by atoms with Gasteiger partial charge in [0.15, 0.2) is 0 Å². The molecular formula is C15H20Cl2N2O2. The fourth-order valence-corrected chi connectivity index (χ4v) is 2.43. The molecule has 6 heteroatoms. The molecule has 0 spiro atoms. The smallest absolute Gasteiger partial charge is 0.239 e. The predicted octanol–water partition coefficient (Wildman–Crippen LogP) is 2.91. The van der Waals surface area contributed by atoms with Crippen molar-refractivity contribution in [1.29, 1.82) is 0 Å². The van der Waals surface area contributed by atoms with Gasteiger partial charge in [-0.1, -0.05) is 29.3 Å². The number of halogens is 2. The van der Waals surface area contributed by atoms with E-state index in [0.717, 1.165) is 5.56 Å². The van der Waals surface area contributed by atoms with Crippen LogP contribution in [-0.2, 0) is 16.0 Å². The number of hydrogen-bond donors (Lipinski definition) is 1. The summed E-state index contributed by atoms with van der Waals surface area (Å²) < 4.78 is 0. The first-order valence-electron chi connectivity index (χ1n) is 6.79. The molecule has 2 amide bonds. The SMILES string of the molecule is CC(=O)N(CC(=O)NCCc1ccc(Cl)cc1Cl)C(C)C. The summed E-state index contributed by atoms with van der Waals surface area (Å²) in [4.78, 5) is 24.8. The first kappa shape index (κ1) is 17.8. The molecule has 0 aliphatic carbocycles. The van der Waals surface area contributed by atoms with Crippen molar-refractivity contribution in [2.75, 3.05) is 13.1 Å². The van der Waals surface area contributed by atoms with E-state index in [1.165, 1.54) is 11.8 Å². The quantitative estimate of drug-likeness (QED) is 0.871. The minimum Gasteiger partial charge on any atom is -0.354 e. The second-order valence-corrected chi connectivity index (χ2v) is 5.92. The summed E-state index contributed by atoms with van der Waals surface area (Å²) >= 11 is 11.9. The number of nitrogens with zero attached hydrogens (tertiary/aromatic N) is 1. The molecule has 0 saturated carbocycles. The molecule has 0 unspecified atom stereocenters. The highest BCUT2D eigenvalue weighted by molar-refractivity contribution is 6.35. The molecule has 0 saturated heterocycles. The Kier molecular flexibility index (Phi) is 6.99. The van der Waals surface area contributed by atoms with Crippen LogP contribution in [0.3, 0.4) is 0 Å². The van der Waals surface area contributed by atoms with Crippen molar-refractivity contribution in [2.24, 2.45) is 0 Å². The van der Waals surface area contributed by atoms with Crippen molar-refractivity contribution in [2.45, 2.75) is 33.2 Å². The van der Waals surface area contributed by atoms with Gasteiger partial charge in [0.1, 0.15) is 0 Å². The molecule has 0 aliphatic rings. The maximum atomic E-state index is 11.8. The summed E-state index contributed by atoms with van der Waals surface area (Å²) in [5.41, 5.74) is 0.925. The van der Waals surface area contributed by atoms with Gasteiger partial charge >= 0.3 is 0 Å². The van der Waals surface area contributed by atoms with Crippen LogP contribution in [0.2, 0.25) is 10.0 Å². The highest BCUT2D eigenvalue weighted by Gasteiger charge is 2.16. The van der Waals surface area contributed by atoms with Gasteiger partial charge in [-0.3, -0.25) is 9.59 Å². The lowest BCUT2D eigenvalue weighted by atomic mass is 10.1. The summed E-state index contributed by atoms with van der Waals surface area (Å²) in [5, 5.41) is 3.96. The molecular weight excluding hydrogens is 311 g/mol. The van der Waals surface area contributed by atoms with Gasteiger partial charge < -0.3 is 10.2 Å². The molecule has 21 heavy (non-hydrogen) atoms. The van der Waals surface area contributed by atoms with Crippen molar-refractivity contribution in [3.05, 3.63) is 33.8 Å². The average molecular weight is 331 g/mol. The van der Waals surface area contributed by atoms with Crippen molar-refractivity contribution in [3.63, 3.8) is 0 Å². The standard InChI is InChI=1S/C15H20Cl2N2O2/c1-10(2)19(11(3)20)9-15(21)18-7-6-12-4-5-13(16)8-14(12)17/h4-5,8,10H,6-7,9H2,1-3H3,(H,18,21). The largest absolute Gasteiger partial charge is 0.354 e. The van der Waals surface area contributed by atoms with Crippen LogP contribution in [0, 0.1) is 0 Å². The lowest BCUT2D eigenvalue weighted by molar-refractivity contribution is -0.135. The van der Waals surface area contributed by atoms with E-state index in [2.05, 4.69) is 5.32 Å². The Morgan fingerprint density at radius 2 is 1.95 bits per heavy atom. The fraction of sp³-hybridized carbons (Fsp3) is 0.467. The second-order valence-electron chi connectivity index (χ2n) is 5.08. The highest BCUT2D eigenvalue weighted by atomic mass is 35.5. The number of carbonyl (C=O) groups excluding carboxylic acids is 2. The number of benzene rings is 1. The van der Waals surface area contributed by atoms with Crippen LogP contribution in [0.4, 0.5) is 0 Å². The van der Waals surface area contributed by atoms with Gasteiger partial charge in [-0.15, -0.1) is 0 Å². The predicted molar refractivity (Wildman–Crippen MR) is 85.7 cm³/mol. The zero-order valence-corrected chi connectivity index (χ0v) is 14.0. The average Bonchev–Trinajstić information content (AvgIpc) is 2.37. The van der Waals surface area contributed by atoms with E-state index in [1.54, 1.807) is 12.1 Å². The van der Waals surface area contributed by atoms with Crippen LogP contribution in [0.15, 0.2) is 18.2 Å². The molecule has 0 bridgehead atoms. The number of hydrogen-bond acceptors (Lipinski definition) is 2. The van der Waals surface area contributed by atoms with Crippen LogP contribution in [0.5, 0.6) is 0 Å². The van der Waals surface area contributed by atoms with Gasteiger partial charge in [-0.25, -0.2) is 0 Å². The van der Waals surface area contributed by atoms with Gasteiger partial charge in [0, 0.05) is 29.6 Å². The minimum absolute atomic E-state index is 0.000963. The lowest BCUT2D eigenvalue weighted by Crippen LogP contribution is -2.43. The number of rotatable bonds is 6. The van der Waals surface area contributed by atoms with Crippen LogP contribution in [0.1, 0.15) is 26.3 Å². The first-order chi connectivity index (χ1) is 9.81. The maximum absolute atomic E-state index is 11.8. The third-order valence-electron chi connectivity index (χ3n) is 3.07. The summed E-state index contributed by atoms with van der Waals surface area (Å²) in [6.45, 7) is 5.75. The van der Waals surface area contributed by atoms with Crippen molar-refractivity contribution in [1.82, 2.24) is 10.2 Å². The maximum Gasteiger partial charge on any atom is 0.239 e. The van der Waals surface area contributed by atoms with Crippen LogP contribution < -0.4 is 5.32 Å². The van der Waals surface area contributed by atoms with E-state index in [9.17, 15) is 9.59 Å². The first-order valence-corrected chi connectivity index (χ1v) is 7.54. The molecule has 1 N–H and O–H groups in total. The number of carbonyl (C=O) groups is 2. The van der Waals surface area contributed by atoms with E-state index in [1.807, 2.05) is 19.9 Å². The topological polar surface area (TPSA) is 49.4 Å². The Bertz CT molecular complexity index is 518. The molecule has 0 fully saturated rings. The Hall–Kier alpha value is -1.26. The third kappa shape index (κ3) is 5.94. The third-order valence-corrected chi connectivity index (χ3v) is 3.66. The van der Waals surface area contributed by atoms with Gasteiger partial charge in [0.25, 0.3) is 0 Å². The molecule has 1 aromatic rings. The molecule has 0 atom stereocenters. The summed E-state index contributed by atoms with van der Waals surface area (Å²) in [5.74, 6) is -0.287. The van der Waals surface area contributed by atoms with Gasteiger partial charge in [-0.2, -0.15) is 0 Å². The fourth-order valence-electron chi connectivity index (χ4n) is 1.93. The van der Waals surface area contributed by atoms with Crippen LogP contribution in [-0.4, -0.2) is 35.8 Å². The van der Waals surface area contributed by atoms with E-state index in [0.29, 0.717) is 23.0 Å². The Morgan fingerprint density at radius 1 is 1.29 bits per heavy atom. The molecule has 4 nitrogen and oxygen atoms in total. The van der Waals surface area contributed by atoms with E-state index < -0.39 is 0 Å². The van der Waals surface area contributed by atoms with Crippen LogP contribution >= 0.6 is 23.2 Å². The van der Waals surface area contributed by atoms with E-state index in [-0.39, 0.29) is 24.4 Å². The van der Waals surface area contributed by atoms with Crippen molar-refractivity contribution < 1.29 is 9.59 Å². The van der Waals surface area contributed by atoms with Crippen molar-refractivity contribution >= 4 is 35.0 Å². The zero-order valence-electron chi connectivity index (χ0n) is 12.5. The van der Waals surface area contributed by atoms with Gasteiger partial charge in [0.2, 0.25) is 11.8 Å². The molecule has 0 aliphatic heterocycles. The normalized spacial score (nSPS) is 10.6. The highest BCUT2D eigenvalue weighted by Crippen LogP contribution is 2.20. The number of amides is 2. The van der Waals surface area contributed by atoms with Crippen molar-refractivity contribution in [3.8, 4) is 0 Å². The number of nitrogens with one attached hydrogen (secondary N) is 1. The summed E-state index contributed by atoms with van der Waals surface area (Å²) in [7, 11) is 0. The summed E-state index contributed by atoms with van der Waals surface area (Å²) in [6.07, 6.45) is 0.615. The molecule has 1 rings (SSSR count). The molecule has 0 heterocycles. The van der Waals surface area contributed by atoms with E-state index in [4.69, 9.17) is 23.2 Å². The van der Waals surface area contributed by atoms with Crippen LogP contribution in [0.25, 0.3) is 0 Å². The summed E-state index contributed by atoms with van der Waals surface area (Å²) in [6, 6.07) is 5.28. The van der Waals surface area contributed by atoms with Gasteiger partial charge in [0.05, 0.1) is 6.54 Å². The zero-order chi connectivity index (χ0) is 16.0. The van der Waals surface area contributed by atoms with E-state index >= 15 is 0 Å².